The number of benzene rings is 7. The molecule has 0 bridgehead atoms. The number of aromatic nitrogens is 4. The fourth-order valence-corrected chi connectivity index (χ4v) is 9.73. The second kappa shape index (κ2) is 11.3. The third kappa shape index (κ3) is 4.44. The van der Waals surface area contributed by atoms with Gasteiger partial charge in [-0.05, 0) is 41.0 Å². The summed E-state index contributed by atoms with van der Waals surface area (Å²) in [4.78, 5) is 15.4. The molecule has 4 nitrogen and oxygen atoms in total. The van der Waals surface area contributed by atoms with Gasteiger partial charge in [0.2, 0.25) is 0 Å². The Balaban J connectivity index is 1.28. The van der Waals surface area contributed by atoms with Crippen LogP contribution in [-0.4, -0.2) is 19.5 Å². The van der Waals surface area contributed by atoms with E-state index in [9.17, 15) is 0 Å². The molecule has 0 spiro atoms. The Bertz CT molecular complexity index is 3020. The van der Waals surface area contributed by atoms with E-state index in [0.717, 1.165) is 22.4 Å². The van der Waals surface area contributed by atoms with Crippen molar-refractivity contribution < 1.29 is 0 Å². The second-order valence-corrected chi connectivity index (χ2v) is 15.5. The van der Waals surface area contributed by atoms with Crippen molar-refractivity contribution >= 4 is 53.3 Å². The van der Waals surface area contributed by atoms with Crippen molar-refractivity contribution in [2.24, 2.45) is 0 Å². The molecule has 7 aromatic carbocycles. The zero-order valence-electron chi connectivity index (χ0n) is 29.2. The van der Waals surface area contributed by atoms with Gasteiger partial charge in [-0.25, -0.2) is 15.0 Å². The maximum atomic E-state index is 5.19. The summed E-state index contributed by atoms with van der Waals surface area (Å²) < 4.78 is 4.98. The molecular weight excluding hydrogens is 665 g/mol. The summed E-state index contributed by atoms with van der Waals surface area (Å²) in [6.45, 7) is 4.72. The van der Waals surface area contributed by atoms with E-state index < -0.39 is 0 Å². The van der Waals surface area contributed by atoms with Gasteiger partial charge in [-0.1, -0.05) is 147 Å². The average Bonchev–Trinajstić information content (AvgIpc) is 3.84. The first kappa shape index (κ1) is 30.2. The summed E-state index contributed by atoms with van der Waals surface area (Å²) in [6, 6.07) is 56.3. The molecule has 0 saturated carbocycles. The van der Waals surface area contributed by atoms with Crippen molar-refractivity contribution in [2.75, 3.05) is 0 Å². The predicted octanol–water partition coefficient (Wildman–Crippen LogP) is 12.6. The van der Waals surface area contributed by atoms with Gasteiger partial charge in [0.05, 0.1) is 16.7 Å². The van der Waals surface area contributed by atoms with Gasteiger partial charge < -0.3 is 4.57 Å². The van der Waals surface area contributed by atoms with Crippen LogP contribution in [0.5, 0.6) is 0 Å². The van der Waals surface area contributed by atoms with Gasteiger partial charge >= 0.3 is 0 Å². The molecule has 250 valence electrons. The Morgan fingerprint density at radius 3 is 1.83 bits per heavy atom. The van der Waals surface area contributed by atoms with Crippen molar-refractivity contribution in [1.82, 2.24) is 19.5 Å². The van der Waals surface area contributed by atoms with E-state index in [2.05, 4.69) is 140 Å². The van der Waals surface area contributed by atoms with Gasteiger partial charge in [0.25, 0.3) is 0 Å². The quantitative estimate of drug-likeness (QED) is 0.184. The Kier molecular flexibility index (Phi) is 6.43. The molecule has 11 rings (SSSR count). The maximum Gasteiger partial charge on any atom is 0.164 e. The lowest BCUT2D eigenvalue weighted by Crippen LogP contribution is -2.14. The van der Waals surface area contributed by atoms with Crippen LogP contribution in [0.3, 0.4) is 0 Å². The first-order valence-corrected chi connectivity index (χ1v) is 18.9. The maximum absolute atomic E-state index is 5.19. The molecule has 53 heavy (non-hydrogen) atoms. The van der Waals surface area contributed by atoms with Crippen molar-refractivity contribution in [2.45, 2.75) is 19.3 Å². The van der Waals surface area contributed by atoms with Crippen LogP contribution in [0.15, 0.2) is 158 Å². The molecule has 0 fully saturated rings. The largest absolute Gasteiger partial charge is 0.308 e. The summed E-state index contributed by atoms with van der Waals surface area (Å²) in [5.74, 6) is 1.96. The Morgan fingerprint density at radius 1 is 0.491 bits per heavy atom. The zero-order chi connectivity index (χ0) is 35.3. The monoisotopic (exact) mass is 696 g/mol. The lowest BCUT2D eigenvalue weighted by Gasteiger charge is -2.21. The fourth-order valence-electron chi connectivity index (χ4n) is 8.57. The van der Waals surface area contributed by atoms with E-state index in [4.69, 9.17) is 15.0 Å². The van der Waals surface area contributed by atoms with Crippen LogP contribution in [-0.2, 0) is 5.41 Å². The van der Waals surface area contributed by atoms with Crippen molar-refractivity contribution in [3.8, 4) is 51.0 Å². The van der Waals surface area contributed by atoms with Crippen LogP contribution in [0.2, 0.25) is 0 Å². The van der Waals surface area contributed by atoms with Crippen LogP contribution in [0.25, 0.3) is 93.0 Å². The standard InChI is InChI=1S/C48H32N4S/c1-48(2)36-22-12-9-20-34(36)42-37(48)26-25-33-32-19-10-13-23-38(32)52(44(33)42)39-27-31(28-41-43(39)35-21-11-14-24-40(35)53-41)47-50-45(29-15-5-3-6-16-29)49-46(51-47)30-17-7-4-8-18-30/h3-28H,1-2H3. The topological polar surface area (TPSA) is 43.6 Å². The lowest BCUT2D eigenvalue weighted by atomic mass is 9.82. The van der Waals surface area contributed by atoms with Crippen LogP contribution in [0.1, 0.15) is 25.0 Å². The van der Waals surface area contributed by atoms with Gasteiger partial charge in [-0.2, -0.15) is 0 Å². The highest BCUT2D eigenvalue weighted by molar-refractivity contribution is 7.26. The molecule has 0 unspecified atom stereocenters. The number of thiophene rings is 1. The fraction of sp³-hybridized carbons (Fsp3) is 0.0625. The number of fused-ring (bicyclic) bond motifs is 10. The number of hydrogen-bond acceptors (Lipinski definition) is 4. The van der Waals surface area contributed by atoms with Crippen LogP contribution < -0.4 is 0 Å². The molecule has 1 aliphatic carbocycles. The second-order valence-electron chi connectivity index (χ2n) is 14.4. The van der Waals surface area contributed by atoms with Gasteiger partial charge in [0.1, 0.15) is 0 Å². The molecule has 0 aliphatic heterocycles. The summed E-state index contributed by atoms with van der Waals surface area (Å²) >= 11 is 1.82. The molecule has 5 heteroatoms. The molecule has 0 amide bonds. The number of rotatable bonds is 4. The molecule has 3 aromatic heterocycles. The Morgan fingerprint density at radius 2 is 1.09 bits per heavy atom. The highest BCUT2D eigenvalue weighted by Crippen LogP contribution is 2.53. The van der Waals surface area contributed by atoms with Crippen molar-refractivity contribution in [3.05, 3.63) is 169 Å². The van der Waals surface area contributed by atoms with Gasteiger partial charge in [0, 0.05) is 58.6 Å². The van der Waals surface area contributed by atoms with Gasteiger partial charge in [-0.15, -0.1) is 11.3 Å². The third-order valence-electron chi connectivity index (χ3n) is 11.0. The van der Waals surface area contributed by atoms with E-state index >= 15 is 0 Å². The number of hydrogen-bond donors (Lipinski definition) is 0. The minimum Gasteiger partial charge on any atom is -0.308 e. The Hall–Kier alpha value is -6.43. The molecule has 0 atom stereocenters. The average molecular weight is 697 g/mol. The minimum absolute atomic E-state index is 0.125. The van der Waals surface area contributed by atoms with E-state index in [1.807, 2.05) is 47.7 Å². The third-order valence-corrected chi connectivity index (χ3v) is 12.2. The predicted molar refractivity (Wildman–Crippen MR) is 221 cm³/mol. The molecule has 0 saturated heterocycles. The summed E-state index contributed by atoms with van der Waals surface area (Å²) in [6.07, 6.45) is 0. The first-order chi connectivity index (χ1) is 26.0. The van der Waals surface area contributed by atoms with E-state index in [-0.39, 0.29) is 5.41 Å². The van der Waals surface area contributed by atoms with Crippen molar-refractivity contribution in [1.29, 1.82) is 0 Å². The van der Waals surface area contributed by atoms with E-state index in [1.54, 1.807) is 0 Å². The summed E-state index contributed by atoms with van der Waals surface area (Å²) in [5.41, 5.74) is 11.6. The smallest absolute Gasteiger partial charge is 0.164 e. The highest BCUT2D eigenvalue weighted by Gasteiger charge is 2.37. The van der Waals surface area contributed by atoms with E-state index in [1.165, 1.54) is 64.2 Å². The highest BCUT2D eigenvalue weighted by atomic mass is 32.1. The normalized spacial score (nSPS) is 13.2. The summed E-state index contributed by atoms with van der Waals surface area (Å²) in [7, 11) is 0. The molecule has 0 N–H and O–H groups in total. The van der Waals surface area contributed by atoms with Crippen LogP contribution in [0.4, 0.5) is 0 Å². The van der Waals surface area contributed by atoms with E-state index in [0.29, 0.717) is 17.5 Å². The molecule has 3 heterocycles. The number of para-hydroxylation sites is 1. The van der Waals surface area contributed by atoms with Gasteiger partial charge in [-0.3, -0.25) is 0 Å². The molecule has 0 radical (unpaired) electrons. The van der Waals surface area contributed by atoms with Crippen molar-refractivity contribution in [3.63, 3.8) is 0 Å². The number of nitrogens with zero attached hydrogens (tertiary/aromatic N) is 4. The molecule has 10 aromatic rings. The SMILES string of the molecule is CC1(C)c2ccccc2-c2c1ccc1c3ccccc3n(-c3cc(-c4nc(-c5ccccc5)nc(-c5ccccc5)n4)cc4sc5ccccc5c34)c21. The summed E-state index contributed by atoms with van der Waals surface area (Å²) in [5, 5.41) is 4.98. The Labute approximate surface area is 310 Å². The zero-order valence-corrected chi connectivity index (χ0v) is 30.0. The first-order valence-electron chi connectivity index (χ1n) is 18.0. The molecular formula is C48H32N4S. The van der Waals surface area contributed by atoms with Crippen LogP contribution in [0, 0.1) is 0 Å². The van der Waals surface area contributed by atoms with Gasteiger partial charge in [0.15, 0.2) is 17.5 Å². The lowest BCUT2D eigenvalue weighted by molar-refractivity contribution is 0.661. The minimum atomic E-state index is -0.125. The van der Waals surface area contributed by atoms with Crippen LogP contribution >= 0.6 is 11.3 Å². The molecule has 1 aliphatic rings.